The first-order chi connectivity index (χ1) is 13.1. The predicted octanol–water partition coefficient (Wildman–Crippen LogP) is 3.65. The Morgan fingerprint density at radius 3 is 2.78 bits per heavy atom. The summed E-state index contributed by atoms with van der Waals surface area (Å²) < 4.78 is 10.7. The molecule has 6 nitrogen and oxygen atoms in total. The number of carbonyl (C=O) groups excluding carboxylic acids is 1. The fourth-order valence-corrected chi connectivity index (χ4v) is 4.29. The number of ether oxygens (including phenoxy) is 2. The molecule has 27 heavy (non-hydrogen) atoms. The quantitative estimate of drug-likeness (QED) is 0.716. The number of pyridine rings is 1. The van der Waals surface area contributed by atoms with Crippen LogP contribution < -0.4 is 0 Å². The molecular weight excluding hydrogens is 342 g/mol. The molecule has 3 rings (SSSR count). The van der Waals surface area contributed by atoms with Gasteiger partial charge in [-0.1, -0.05) is 13.8 Å². The molecule has 1 N–H and O–H groups in total. The lowest BCUT2D eigenvalue weighted by Gasteiger charge is -2.29. The van der Waals surface area contributed by atoms with Crippen molar-refractivity contribution in [3.05, 3.63) is 28.7 Å². The van der Waals surface area contributed by atoms with E-state index in [-0.39, 0.29) is 5.97 Å². The van der Waals surface area contributed by atoms with Gasteiger partial charge in [-0.2, -0.15) is 0 Å². The molecule has 148 valence electrons. The third-order valence-corrected chi connectivity index (χ3v) is 5.58. The van der Waals surface area contributed by atoms with Gasteiger partial charge in [-0.25, -0.2) is 9.78 Å². The molecule has 0 amide bonds. The van der Waals surface area contributed by atoms with Gasteiger partial charge in [0.1, 0.15) is 0 Å². The largest absolute Gasteiger partial charge is 0.461 e. The molecule has 0 saturated heterocycles. The minimum atomic E-state index is -0.377. The third-order valence-electron chi connectivity index (χ3n) is 5.58. The molecule has 6 heteroatoms. The first-order valence-corrected chi connectivity index (χ1v) is 10.0. The van der Waals surface area contributed by atoms with E-state index in [0.717, 1.165) is 42.5 Å². The zero-order valence-electron chi connectivity index (χ0n) is 16.9. The van der Waals surface area contributed by atoms with Crippen molar-refractivity contribution in [3.63, 3.8) is 0 Å². The zero-order valence-corrected chi connectivity index (χ0v) is 16.9. The first kappa shape index (κ1) is 19.8. The van der Waals surface area contributed by atoms with Gasteiger partial charge in [0.2, 0.25) is 0 Å². The number of aryl methyl sites for hydroxylation is 1. The molecule has 0 spiro atoms. The molecule has 2 heterocycles. The Balaban J connectivity index is 2.14. The van der Waals surface area contributed by atoms with Gasteiger partial charge >= 0.3 is 5.97 Å². The number of nitrogens with zero attached hydrogens (tertiary/aromatic N) is 2. The molecule has 1 aliphatic carbocycles. The summed E-state index contributed by atoms with van der Waals surface area (Å²) in [7, 11) is 1.65. The molecule has 0 radical (unpaired) electrons. The lowest BCUT2D eigenvalue weighted by molar-refractivity contribution is 0.0514. The van der Waals surface area contributed by atoms with E-state index >= 15 is 0 Å². The Hall–Kier alpha value is -1.92. The van der Waals surface area contributed by atoms with E-state index < -0.39 is 0 Å². The highest BCUT2D eigenvalue weighted by Crippen LogP contribution is 2.39. The van der Waals surface area contributed by atoms with Gasteiger partial charge in [-0.15, -0.1) is 0 Å². The number of hydrogen-bond acceptors (Lipinski definition) is 5. The van der Waals surface area contributed by atoms with Gasteiger partial charge in [0.25, 0.3) is 0 Å². The number of rotatable bonds is 8. The molecule has 0 bridgehead atoms. The molecule has 1 atom stereocenters. The second-order valence-electron chi connectivity index (χ2n) is 7.12. The molecule has 0 saturated carbocycles. The Morgan fingerprint density at radius 1 is 1.33 bits per heavy atom. The summed E-state index contributed by atoms with van der Waals surface area (Å²) in [4.78, 5) is 22.9. The number of hydrogen-bond donors (Lipinski definition) is 1. The SMILES string of the molecule is CCOC(=O)c1ncc2[nH]c3c(c2c1COC)C(CN(CC)CC)CCC3. The van der Waals surface area contributed by atoms with Gasteiger partial charge in [0.15, 0.2) is 5.69 Å². The molecule has 0 aliphatic heterocycles. The predicted molar refractivity (Wildman–Crippen MR) is 106 cm³/mol. The lowest BCUT2D eigenvalue weighted by atomic mass is 9.83. The molecule has 2 aromatic heterocycles. The van der Waals surface area contributed by atoms with E-state index in [1.165, 1.54) is 24.1 Å². The number of nitrogens with one attached hydrogen (secondary N) is 1. The van der Waals surface area contributed by atoms with E-state index in [2.05, 4.69) is 28.7 Å². The topological polar surface area (TPSA) is 67.4 Å². The Bertz CT molecular complexity index is 796. The van der Waals surface area contributed by atoms with Gasteiger partial charge in [0, 0.05) is 30.3 Å². The second kappa shape index (κ2) is 8.85. The molecule has 0 aromatic carbocycles. The van der Waals surface area contributed by atoms with Crippen molar-refractivity contribution in [2.75, 3.05) is 33.4 Å². The van der Waals surface area contributed by atoms with Crippen LogP contribution in [0.25, 0.3) is 10.9 Å². The Kier molecular flexibility index (Phi) is 6.50. The fraction of sp³-hybridized carbons (Fsp3) is 0.619. The summed E-state index contributed by atoms with van der Waals surface area (Å²) in [6.07, 6.45) is 5.16. The smallest absolute Gasteiger partial charge is 0.357 e. The maximum atomic E-state index is 12.5. The number of carbonyl (C=O) groups is 1. The van der Waals surface area contributed by atoms with E-state index in [0.29, 0.717) is 24.8 Å². The van der Waals surface area contributed by atoms with Gasteiger partial charge in [-0.3, -0.25) is 0 Å². The van der Waals surface area contributed by atoms with Crippen LogP contribution in [0, 0.1) is 0 Å². The van der Waals surface area contributed by atoms with Crippen molar-refractivity contribution in [3.8, 4) is 0 Å². The van der Waals surface area contributed by atoms with Gasteiger partial charge < -0.3 is 19.4 Å². The van der Waals surface area contributed by atoms with Crippen LogP contribution in [0.5, 0.6) is 0 Å². The molecule has 2 aromatic rings. The minimum Gasteiger partial charge on any atom is -0.461 e. The highest BCUT2D eigenvalue weighted by atomic mass is 16.5. The summed E-state index contributed by atoms with van der Waals surface area (Å²) in [5, 5.41) is 1.11. The van der Waals surface area contributed by atoms with E-state index in [1.807, 2.05) is 6.92 Å². The number of likely N-dealkylation sites (N-methyl/N-ethyl adjacent to an activating group) is 1. The minimum absolute atomic E-state index is 0.334. The van der Waals surface area contributed by atoms with E-state index in [9.17, 15) is 4.79 Å². The van der Waals surface area contributed by atoms with Crippen LogP contribution in [-0.2, 0) is 22.5 Å². The molecule has 1 aliphatic rings. The number of aromatic amines is 1. The summed E-state index contributed by atoms with van der Waals surface area (Å²) in [5.74, 6) is 0.0768. The first-order valence-electron chi connectivity index (χ1n) is 10.0. The van der Waals surface area contributed by atoms with Gasteiger partial charge in [-0.05, 0) is 50.8 Å². The molecule has 0 fully saturated rings. The van der Waals surface area contributed by atoms with Crippen molar-refractivity contribution >= 4 is 16.9 Å². The summed E-state index contributed by atoms with van der Waals surface area (Å²) in [6, 6.07) is 0. The zero-order chi connectivity index (χ0) is 19.4. The van der Waals surface area contributed by atoms with E-state index in [4.69, 9.17) is 9.47 Å². The van der Waals surface area contributed by atoms with Crippen LogP contribution in [0.4, 0.5) is 0 Å². The number of H-pyrrole nitrogens is 1. The number of fused-ring (bicyclic) bond motifs is 3. The molecule has 1 unspecified atom stereocenters. The fourth-order valence-electron chi connectivity index (χ4n) is 4.29. The number of esters is 1. The van der Waals surface area contributed by atoms with Crippen LogP contribution in [-0.4, -0.2) is 54.2 Å². The van der Waals surface area contributed by atoms with Crippen LogP contribution in [0.3, 0.4) is 0 Å². The van der Waals surface area contributed by atoms with Crippen molar-refractivity contribution in [1.82, 2.24) is 14.9 Å². The summed E-state index contributed by atoms with van der Waals surface area (Å²) >= 11 is 0. The normalized spacial score (nSPS) is 16.7. The van der Waals surface area contributed by atoms with Crippen LogP contribution in [0.1, 0.15) is 66.8 Å². The van der Waals surface area contributed by atoms with Crippen LogP contribution in [0.2, 0.25) is 0 Å². The standard InChI is InChI=1S/C21H31N3O3/c1-5-24(6-2)12-14-9-8-10-16-18(14)19-15(13-26-4)20(21(25)27-7-3)22-11-17(19)23-16/h11,14,23H,5-10,12-13H2,1-4H3. The second-order valence-corrected chi connectivity index (χ2v) is 7.12. The van der Waals surface area contributed by atoms with Crippen molar-refractivity contribution in [2.45, 2.75) is 52.6 Å². The summed E-state index contributed by atoms with van der Waals surface area (Å²) in [5.41, 5.74) is 4.85. The number of aromatic nitrogens is 2. The van der Waals surface area contributed by atoms with Crippen molar-refractivity contribution < 1.29 is 14.3 Å². The Labute approximate surface area is 161 Å². The maximum Gasteiger partial charge on any atom is 0.357 e. The third kappa shape index (κ3) is 3.87. The summed E-state index contributed by atoms with van der Waals surface area (Å²) in [6.45, 7) is 10.0. The molecular formula is C21H31N3O3. The average molecular weight is 373 g/mol. The average Bonchev–Trinajstić information content (AvgIpc) is 3.06. The lowest BCUT2D eigenvalue weighted by Crippen LogP contribution is -2.29. The monoisotopic (exact) mass is 373 g/mol. The maximum absolute atomic E-state index is 12.5. The van der Waals surface area contributed by atoms with Crippen LogP contribution in [0.15, 0.2) is 6.20 Å². The highest BCUT2D eigenvalue weighted by molar-refractivity contribution is 5.97. The highest BCUT2D eigenvalue weighted by Gasteiger charge is 2.29. The van der Waals surface area contributed by atoms with Crippen LogP contribution >= 0.6 is 0 Å². The number of methoxy groups -OCH3 is 1. The Morgan fingerprint density at radius 2 is 2.11 bits per heavy atom. The van der Waals surface area contributed by atoms with Gasteiger partial charge in [0.05, 0.1) is 24.9 Å². The van der Waals surface area contributed by atoms with E-state index in [1.54, 1.807) is 13.3 Å². The van der Waals surface area contributed by atoms with Crippen molar-refractivity contribution in [1.29, 1.82) is 0 Å². The van der Waals surface area contributed by atoms with Crippen molar-refractivity contribution in [2.24, 2.45) is 0 Å².